The number of nitrogens with one attached hydrogen (secondary N) is 2. The van der Waals surface area contributed by atoms with Gasteiger partial charge in [0.1, 0.15) is 22.6 Å². The molecule has 1 fully saturated rings. The van der Waals surface area contributed by atoms with Crippen molar-refractivity contribution in [3.05, 3.63) is 62.9 Å². The van der Waals surface area contributed by atoms with E-state index in [4.69, 9.17) is 26.3 Å². The van der Waals surface area contributed by atoms with E-state index in [9.17, 15) is 4.79 Å². The van der Waals surface area contributed by atoms with Gasteiger partial charge in [-0.05, 0) is 62.7 Å². The molecule has 2 heterocycles. The van der Waals surface area contributed by atoms with Crippen LogP contribution in [-0.4, -0.2) is 43.2 Å². The molecule has 178 valence electrons. The highest BCUT2D eigenvalue weighted by molar-refractivity contribution is 6.36. The van der Waals surface area contributed by atoms with Gasteiger partial charge in [-0.2, -0.15) is 5.26 Å². The van der Waals surface area contributed by atoms with Gasteiger partial charge in [0.15, 0.2) is 0 Å². The van der Waals surface area contributed by atoms with Crippen molar-refractivity contribution >= 4 is 28.2 Å². The molecule has 3 aromatic rings. The number of pyridine rings is 1. The largest absolute Gasteiger partial charge is 0.495 e. The molecule has 7 nitrogen and oxygen atoms in total. The molecular formula is C26H29ClN4O3. The van der Waals surface area contributed by atoms with Crippen molar-refractivity contribution in [2.75, 3.05) is 38.7 Å². The number of aromatic nitrogens is 1. The van der Waals surface area contributed by atoms with Gasteiger partial charge in [0.2, 0.25) is 0 Å². The molecule has 0 atom stereocenters. The van der Waals surface area contributed by atoms with E-state index in [1.54, 1.807) is 18.2 Å². The van der Waals surface area contributed by atoms with Gasteiger partial charge in [0, 0.05) is 35.8 Å². The van der Waals surface area contributed by atoms with Gasteiger partial charge in [0.25, 0.3) is 5.56 Å². The number of H-pyrrole nitrogens is 1. The third-order valence-corrected chi connectivity index (χ3v) is 6.50. The van der Waals surface area contributed by atoms with Crippen LogP contribution in [0.2, 0.25) is 5.02 Å². The van der Waals surface area contributed by atoms with Crippen molar-refractivity contribution in [1.29, 1.82) is 5.26 Å². The van der Waals surface area contributed by atoms with Gasteiger partial charge in [-0.15, -0.1) is 0 Å². The third-order valence-electron chi connectivity index (χ3n) is 6.13. The van der Waals surface area contributed by atoms with Crippen molar-refractivity contribution in [2.45, 2.75) is 32.2 Å². The van der Waals surface area contributed by atoms with Crippen LogP contribution in [0.1, 0.15) is 36.8 Å². The zero-order chi connectivity index (χ0) is 23.9. The maximum Gasteiger partial charge on any atom is 0.253 e. The van der Waals surface area contributed by atoms with Crippen molar-refractivity contribution < 1.29 is 9.47 Å². The molecule has 8 heteroatoms. The first-order valence-corrected chi connectivity index (χ1v) is 12.0. The van der Waals surface area contributed by atoms with Crippen LogP contribution >= 0.6 is 11.6 Å². The van der Waals surface area contributed by atoms with Crippen LogP contribution in [0.4, 0.5) is 5.69 Å². The number of fused-ring (bicyclic) bond motifs is 1. The lowest BCUT2D eigenvalue weighted by molar-refractivity contribution is 0.205. The summed E-state index contributed by atoms with van der Waals surface area (Å²) >= 11 is 6.57. The first-order chi connectivity index (χ1) is 16.6. The van der Waals surface area contributed by atoms with Crippen molar-refractivity contribution in [1.82, 2.24) is 9.88 Å². The summed E-state index contributed by atoms with van der Waals surface area (Å²) < 4.78 is 11.2. The van der Waals surface area contributed by atoms with Crippen LogP contribution in [-0.2, 0) is 6.54 Å². The number of piperidine rings is 1. The molecule has 1 aliphatic heterocycles. The third kappa shape index (κ3) is 5.64. The van der Waals surface area contributed by atoms with Crippen molar-refractivity contribution in [3.8, 4) is 17.6 Å². The SMILES string of the molecule is COc1cc(NCc2cc3ccc(OCCCN4CCCCC4)c(Cl)c3[nH]c2=O)ccc1C#N. The maximum absolute atomic E-state index is 12.7. The van der Waals surface area contributed by atoms with Crippen LogP contribution in [0.5, 0.6) is 11.5 Å². The summed E-state index contributed by atoms with van der Waals surface area (Å²) in [6, 6.07) is 12.9. The standard InChI is InChI=1S/C26H29ClN4O3/c1-33-23-15-21(8-6-19(23)16-28)29-17-20-14-18-7-9-22(24(27)25(18)30-26(20)32)34-13-5-12-31-10-3-2-4-11-31/h6-9,14-15,29H,2-5,10-13,17H2,1H3,(H,30,32). The molecule has 0 saturated carbocycles. The Bertz CT molecular complexity index is 1250. The first kappa shape index (κ1) is 23.9. The fourth-order valence-corrected chi connectivity index (χ4v) is 4.53. The van der Waals surface area contributed by atoms with Crippen LogP contribution in [0.25, 0.3) is 10.9 Å². The second-order valence-electron chi connectivity index (χ2n) is 8.45. The molecule has 2 N–H and O–H groups in total. The Labute approximate surface area is 204 Å². The number of aromatic amines is 1. The lowest BCUT2D eigenvalue weighted by atomic mass is 10.1. The smallest absolute Gasteiger partial charge is 0.253 e. The molecule has 0 amide bonds. The quantitative estimate of drug-likeness (QED) is 0.422. The summed E-state index contributed by atoms with van der Waals surface area (Å²) in [7, 11) is 1.52. The zero-order valence-electron chi connectivity index (χ0n) is 19.3. The molecule has 0 aliphatic carbocycles. The van der Waals surface area contributed by atoms with E-state index in [1.165, 1.54) is 39.5 Å². The number of anilines is 1. The van der Waals surface area contributed by atoms with E-state index >= 15 is 0 Å². The average Bonchev–Trinajstić information content (AvgIpc) is 2.87. The van der Waals surface area contributed by atoms with Crippen molar-refractivity contribution in [2.24, 2.45) is 0 Å². The number of benzene rings is 2. The lowest BCUT2D eigenvalue weighted by Gasteiger charge is -2.26. The second kappa shape index (κ2) is 11.3. The van der Waals surface area contributed by atoms with Gasteiger partial charge < -0.3 is 24.7 Å². The predicted octanol–water partition coefficient (Wildman–Crippen LogP) is 4.93. The summed E-state index contributed by atoms with van der Waals surface area (Å²) in [5, 5.41) is 13.6. The summed E-state index contributed by atoms with van der Waals surface area (Å²) in [6.07, 6.45) is 4.84. The molecule has 34 heavy (non-hydrogen) atoms. The molecular weight excluding hydrogens is 452 g/mol. The lowest BCUT2D eigenvalue weighted by Crippen LogP contribution is -2.31. The number of hydrogen-bond acceptors (Lipinski definition) is 6. The number of ether oxygens (including phenoxy) is 2. The van der Waals surface area contributed by atoms with Crippen molar-refractivity contribution in [3.63, 3.8) is 0 Å². The number of likely N-dealkylation sites (tertiary alicyclic amines) is 1. The summed E-state index contributed by atoms with van der Waals surface area (Å²) in [4.78, 5) is 18.1. The van der Waals surface area contributed by atoms with Gasteiger partial charge in [-0.25, -0.2) is 0 Å². The summed E-state index contributed by atoms with van der Waals surface area (Å²) in [6.45, 7) is 4.28. The average molecular weight is 481 g/mol. The fourth-order valence-electron chi connectivity index (χ4n) is 4.25. The fraction of sp³-hybridized carbons (Fsp3) is 0.385. The molecule has 1 aliphatic rings. The topological polar surface area (TPSA) is 90.4 Å². The monoisotopic (exact) mass is 480 g/mol. The minimum Gasteiger partial charge on any atom is -0.495 e. The summed E-state index contributed by atoms with van der Waals surface area (Å²) in [5.74, 6) is 1.06. The maximum atomic E-state index is 12.7. The van der Waals surface area contributed by atoms with E-state index in [0.29, 0.717) is 46.3 Å². The minimum atomic E-state index is -0.218. The number of hydrogen-bond donors (Lipinski definition) is 2. The Kier molecular flexibility index (Phi) is 7.94. The second-order valence-corrected chi connectivity index (χ2v) is 8.83. The Balaban J connectivity index is 1.41. The number of rotatable bonds is 9. The highest BCUT2D eigenvalue weighted by Gasteiger charge is 2.12. The number of halogens is 1. The highest BCUT2D eigenvalue weighted by Crippen LogP contribution is 2.31. The zero-order valence-corrected chi connectivity index (χ0v) is 20.1. The summed E-state index contributed by atoms with van der Waals surface area (Å²) in [5.41, 5.74) is 2.13. The van der Waals surface area contributed by atoms with Gasteiger partial charge in [0.05, 0.1) is 24.8 Å². The molecule has 2 aromatic carbocycles. The number of methoxy groups -OCH3 is 1. The number of nitriles is 1. The molecule has 1 aromatic heterocycles. The first-order valence-electron chi connectivity index (χ1n) is 11.6. The van der Waals surface area contributed by atoms with E-state index in [1.807, 2.05) is 18.2 Å². The van der Waals surface area contributed by atoms with E-state index in [2.05, 4.69) is 21.3 Å². The molecule has 0 spiro atoms. The molecule has 4 rings (SSSR count). The molecule has 1 saturated heterocycles. The number of nitrogens with zero attached hydrogens (tertiary/aromatic N) is 2. The van der Waals surface area contributed by atoms with Crippen LogP contribution in [0, 0.1) is 11.3 Å². The van der Waals surface area contributed by atoms with Crippen LogP contribution in [0.15, 0.2) is 41.2 Å². The molecule has 0 unspecified atom stereocenters. The normalized spacial score (nSPS) is 14.0. The van der Waals surface area contributed by atoms with Gasteiger partial charge in [-0.1, -0.05) is 18.0 Å². The Morgan fingerprint density at radius 2 is 1.97 bits per heavy atom. The molecule has 0 radical (unpaired) electrons. The Morgan fingerprint density at radius 1 is 1.15 bits per heavy atom. The van der Waals surface area contributed by atoms with Crippen LogP contribution < -0.4 is 20.3 Å². The van der Waals surface area contributed by atoms with Gasteiger partial charge in [-0.3, -0.25) is 4.79 Å². The van der Waals surface area contributed by atoms with Crippen LogP contribution in [0.3, 0.4) is 0 Å². The van der Waals surface area contributed by atoms with E-state index < -0.39 is 0 Å². The van der Waals surface area contributed by atoms with Gasteiger partial charge >= 0.3 is 0 Å². The predicted molar refractivity (Wildman–Crippen MR) is 135 cm³/mol. The van der Waals surface area contributed by atoms with E-state index in [-0.39, 0.29) is 5.56 Å². The molecule has 0 bridgehead atoms. The highest BCUT2D eigenvalue weighted by atomic mass is 35.5. The minimum absolute atomic E-state index is 0.218. The van der Waals surface area contributed by atoms with E-state index in [0.717, 1.165) is 24.0 Å². The Hall–Kier alpha value is -3.21. The Morgan fingerprint density at radius 3 is 2.74 bits per heavy atom.